The summed E-state index contributed by atoms with van der Waals surface area (Å²) < 4.78 is 20.9. The third-order valence-corrected chi connectivity index (χ3v) is 4.10. The fraction of sp³-hybridized carbons (Fsp3) is 0.278. The first-order valence-electron chi connectivity index (χ1n) is 8.08. The van der Waals surface area contributed by atoms with Gasteiger partial charge in [-0.2, -0.15) is 4.68 Å². The largest absolute Gasteiger partial charge is 0.492 e. The average Bonchev–Trinajstić information content (AvgIpc) is 2.61. The lowest BCUT2D eigenvalue weighted by Crippen LogP contribution is -2.23. The summed E-state index contributed by atoms with van der Waals surface area (Å²) in [7, 11) is 0. The van der Waals surface area contributed by atoms with Gasteiger partial charge in [0.15, 0.2) is 5.82 Å². The molecule has 0 N–H and O–H groups in total. The minimum atomic E-state index is -0.669. The Morgan fingerprint density at radius 2 is 2.04 bits per heavy atom. The Hall–Kier alpha value is -2.47. The van der Waals surface area contributed by atoms with Crippen LogP contribution < -0.4 is 10.3 Å². The lowest BCUT2D eigenvalue weighted by atomic mass is 10.2. The van der Waals surface area contributed by atoms with Gasteiger partial charge in [-0.3, -0.25) is 4.79 Å². The molecule has 0 aliphatic carbocycles. The second kappa shape index (κ2) is 7.61. The summed E-state index contributed by atoms with van der Waals surface area (Å²) in [6.45, 7) is 2.56. The van der Waals surface area contributed by atoms with Crippen molar-refractivity contribution in [2.45, 2.75) is 26.2 Å². The SMILES string of the molecule is CCCCCOc1cc(-n2nnc3ccccc3c2=O)c(F)cc1Cl. The van der Waals surface area contributed by atoms with Crippen LogP contribution in [0.1, 0.15) is 26.2 Å². The second-order valence-corrected chi connectivity index (χ2v) is 6.02. The summed E-state index contributed by atoms with van der Waals surface area (Å²) in [5, 5.41) is 8.32. The minimum absolute atomic E-state index is 0.0434. The Morgan fingerprint density at radius 1 is 1.24 bits per heavy atom. The van der Waals surface area contributed by atoms with Crippen molar-refractivity contribution in [1.82, 2.24) is 15.0 Å². The monoisotopic (exact) mass is 361 g/mol. The van der Waals surface area contributed by atoms with Crippen molar-refractivity contribution < 1.29 is 9.13 Å². The summed E-state index contributed by atoms with van der Waals surface area (Å²) in [5.74, 6) is -0.353. The lowest BCUT2D eigenvalue weighted by molar-refractivity contribution is 0.306. The highest BCUT2D eigenvalue weighted by Gasteiger charge is 2.15. The maximum absolute atomic E-state index is 14.4. The van der Waals surface area contributed by atoms with Crippen molar-refractivity contribution in [2.75, 3.05) is 6.61 Å². The molecular weight excluding hydrogens is 345 g/mol. The summed E-state index contributed by atoms with van der Waals surface area (Å²) in [6.07, 6.45) is 2.96. The van der Waals surface area contributed by atoms with Gasteiger partial charge in [-0.15, -0.1) is 5.10 Å². The van der Waals surface area contributed by atoms with Crippen LogP contribution in [0.3, 0.4) is 0 Å². The number of aromatic nitrogens is 3. The van der Waals surface area contributed by atoms with Crippen molar-refractivity contribution in [2.24, 2.45) is 0 Å². The summed E-state index contributed by atoms with van der Waals surface area (Å²) in [4.78, 5) is 12.6. The molecule has 0 unspecified atom stereocenters. The molecule has 0 radical (unpaired) electrons. The summed E-state index contributed by atoms with van der Waals surface area (Å²) in [5.41, 5.74) is -0.0453. The maximum atomic E-state index is 14.4. The zero-order valence-electron chi connectivity index (χ0n) is 13.7. The van der Waals surface area contributed by atoms with Crippen LogP contribution in [-0.2, 0) is 0 Å². The van der Waals surface area contributed by atoms with Gasteiger partial charge < -0.3 is 4.74 Å². The number of hydrogen-bond donors (Lipinski definition) is 0. The van der Waals surface area contributed by atoms with E-state index < -0.39 is 11.4 Å². The van der Waals surface area contributed by atoms with Crippen molar-refractivity contribution >= 4 is 22.5 Å². The van der Waals surface area contributed by atoms with Crippen LogP contribution in [-0.4, -0.2) is 21.6 Å². The van der Waals surface area contributed by atoms with Gasteiger partial charge in [0, 0.05) is 6.07 Å². The van der Waals surface area contributed by atoms with Crippen LogP contribution in [0.4, 0.5) is 4.39 Å². The molecule has 3 aromatic rings. The highest BCUT2D eigenvalue weighted by molar-refractivity contribution is 6.32. The van der Waals surface area contributed by atoms with Gasteiger partial charge in [0.25, 0.3) is 5.56 Å². The molecule has 0 fully saturated rings. The third kappa shape index (κ3) is 3.64. The van der Waals surface area contributed by atoms with E-state index in [4.69, 9.17) is 16.3 Å². The molecule has 3 rings (SSSR count). The molecule has 5 nitrogen and oxygen atoms in total. The highest BCUT2D eigenvalue weighted by atomic mass is 35.5. The molecule has 0 aliphatic rings. The number of hydrogen-bond acceptors (Lipinski definition) is 4. The van der Waals surface area contributed by atoms with Gasteiger partial charge in [-0.25, -0.2) is 4.39 Å². The molecule has 0 aliphatic heterocycles. The number of fused-ring (bicyclic) bond motifs is 1. The van der Waals surface area contributed by atoms with E-state index in [0.29, 0.717) is 23.3 Å². The fourth-order valence-corrected chi connectivity index (χ4v) is 2.68. The molecule has 1 aromatic heterocycles. The van der Waals surface area contributed by atoms with Crippen LogP contribution in [0, 0.1) is 5.82 Å². The summed E-state index contributed by atoms with van der Waals surface area (Å²) in [6, 6.07) is 9.28. The zero-order valence-corrected chi connectivity index (χ0v) is 14.5. The van der Waals surface area contributed by atoms with Gasteiger partial charge in [0.05, 0.1) is 17.0 Å². The van der Waals surface area contributed by atoms with Gasteiger partial charge in [0.2, 0.25) is 0 Å². The molecule has 0 saturated heterocycles. The highest BCUT2D eigenvalue weighted by Crippen LogP contribution is 2.29. The number of nitrogens with zero attached hydrogens (tertiary/aromatic N) is 3. The van der Waals surface area contributed by atoms with Gasteiger partial charge >= 0.3 is 0 Å². The van der Waals surface area contributed by atoms with Crippen LogP contribution in [0.2, 0.25) is 5.02 Å². The predicted octanol–water partition coefficient (Wildman–Crippen LogP) is 4.14. The molecule has 0 saturated carbocycles. The zero-order chi connectivity index (χ0) is 17.8. The van der Waals surface area contributed by atoms with Crippen molar-refractivity contribution in [3.05, 3.63) is 57.6 Å². The molecule has 0 bridgehead atoms. The Labute approximate surface area is 149 Å². The van der Waals surface area contributed by atoms with E-state index in [1.807, 2.05) is 0 Å². The predicted molar refractivity (Wildman–Crippen MR) is 95.1 cm³/mol. The van der Waals surface area contributed by atoms with Crippen molar-refractivity contribution in [3.63, 3.8) is 0 Å². The van der Waals surface area contributed by atoms with E-state index in [0.717, 1.165) is 30.0 Å². The van der Waals surface area contributed by atoms with Crippen LogP contribution in [0.15, 0.2) is 41.2 Å². The van der Waals surface area contributed by atoms with E-state index in [1.165, 1.54) is 6.07 Å². The number of benzene rings is 2. The van der Waals surface area contributed by atoms with Gasteiger partial charge in [0.1, 0.15) is 17.0 Å². The van der Waals surface area contributed by atoms with Gasteiger partial charge in [-0.05, 0) is 24.6 Å². The first-order chi connectivity index (χ1) is 12.1. The molecule has 0 spiro atoms. The van der Waals surface area contributed by atoms with Gasteiger partial charge in [-0.1, -0.05) is 48.7 Å². The van der Waals surface area contributed by atoms with Crippen molar-refractivity contribution in [1.29, 1.82) is 0 Å². The Kier molecular flexibility index (Phi) is 5.28. The molecular formula is C18H17ClFN3O2. The quantitative estimate of drug-likeness (QED) is 0.619. The minimum Gasteiger partial charge on any atom is -0.492 e. The number of unbranched alkanes of at least 4 members (excludes halogenated alkanes) is 2. The molecule has 0 amide bonds. The smallest absolute Gasteiger partial charge is 0.282 e. The molecule has 1 heterocycles. The van der Waals surface area contributed by atoms with E-state index in [9.17, 15) is 9.18 Å². The third-order valence-electron chi connectivity index (χ3n) is 3.80. The number of ether oxygens (including phenoxy) is 1. The standard InChI is InChI=1S/C18H17ClFN3O2/c1-2-3-6-9-25-17-11-16(14(20)10-13(17)19)23-18(24)12-7-4-5-8-15(12)21-22-23/h4-5,7-8,10-11H,2-3,6,9H2,1H3. The van der Waals surface area contributed by atoms with Crippen molar-refractivity contribution in [3.8, 4) is 11.4 Å². The first-order valence-corrected chi connectivity index (χ1v) is 8.46. The normalized spacial score (nSPS) is 11.0. The number of halogens is 2. The molecule has 0 atom stereocenters. The molecule has 130 valence electrons. The summed E-state index contributed by atoms with van der Waals surface area (Å²) >= 11 is 6.05. The van der Waals surface area contributed by atoms with E-state index in [2.05, 4.69) is 17.2 Å². The van der Waals surface area contributed by atoms with Crippen LogP contribution in [0.5, 0.6) is 5.75 Å². The van der Waals surface area contributed by atoms with Crippen LogP contribution in [0.25, 0.3) is 16.6 Å². The Balaban J connectivity index is 2.02. The first kappa shape index (κ1) is 17.4. The van der Waals surface area contributed by atoms with E-state index in [-0.39, 0.29) is 10.7 Å². The Bertz CT molecular complexity index is 959. The average molecular weight is 362 g/mol. The molecule has 2 aromatic carbocycles. The maximum Gasteiger partial charge on any atom is 0.282 e. The van der Waals surface area contributed by atoms with E-state index in [1.54, 1.807) is 24.3 Å². The lowest BCUT2D eigenvalue weighted by Gasteiger charge is -2.11. The Morgan fingerprint density at radius 3 is 2.84 bits per heavy atom. The fourth-order valence-electron chi connectivity index (χ4n) is 2.47. The topological polar surface area (TPSA) is 57.0 Å². The molecule has 7 heteroatoms. The van der Waals surface area contributed by atoms with Crippen LogP contribution >= 0.6 is 11.6 Å². The number of rotatable bonds is 6. The van der Waals surface area contributed by atoms with E-state index >= 15 is 0 Å². The molecule has 25 heavy (non-hydrogen) atoms. The second-order valence-electron chi connectivity index (χ2n) is 5.61.